The Morgan fingerprint density at radius 2 is 1.52 bits per heavy atom. The van der Waals surface area contributed by atoms with Gasteiger partial charge in [0, 0.05) is 17.8 Å². The number of aromatic hydroxyl groups is 2. The van der Waals surface area contributed by atoms with Crippen molar-refractivity contribution in [3.63, 3.8) is 0 Å². The highest BCUT2D eigenvalue weighted by atomic mass is 16.5. The normalized spacial score (nSPS) is 10.8. The van der Waals surface area contributed by atoms with Gasteiger partial charge in [-0.05, 0) is 36.4 Å². The summed E-state index contributed by atoms with van der Waals surface area (Å²) in [5, 5.41) is 19.2. The van der Waals surface area contributed by atoms with Crippen LogP contribution in [0, 0.1) is 0 Å². The van der Waals surface area contributed by atoms with Gasteiger partial charge in [0.25, 0.3) is 0 Å². The number of nitrogens with zero attached hydrogens (tertiary/aromatic N) is 1. The molecule has 23 heavy (non-hydrogen) atoms. The molecule has 0 unspecified atom stereocenters. The van der Waals surface area contributed by atoms with Crippen LogP contribution in [0.1, 0.15) is 5.56 Å². The van der Waals surface area contributed by atoms with Crippen molar-refractivity contribution in [2.24, 2.45) is 4.99 Å². The lowest BCUT2D eigenvalue weighted by Crippen LogP contribution is -1.84. The fraction of sp³-hybridized carbons (Fsp3) is 0. The van der Waals surface area contributed by atoms with Gasteiger partial charge in [-0.15, -0.1) is 0 Å². The number of hydrogen-bond acceptors (Lipinski definition) is 4. The molecular weight excluding hydrogens is 290 g/mol. The van der Waals surface area contributed by atoms with Crippen LogP contribution in [0.3, 0.4) is 0 Å². The molecule has 0 bridgehead atoms. The van der Waals surface area contributed by atoms with Gasteiger partial charge in [0.2, 0.25) is 0 Å². The van der Waals surface area contributed by atoms with E-state index in [-0.39, 0.29) is 11.5 Å². The molecule has 3 aromatic rings. The number of phenols is 2. The molecule has 0 heterocycles. The maximum atomic E-state index is 9.76. The maximum absolute atomic E-state index is 9.76. The summed E-state index contributed by atoms with van der Waals surface area (Å²) >= 11 is 0. The third kappa shape index (κ3) is 3.68. The van der Waals surface area contributed by atoms with Crippen LogP contribution in [-0.4, -0.2) is 16.4 Å². The van der Waals surface area contributed by atoms with Gasteiger partial charge in [-0.3, -0.25) is 4.99 Å². The molecule has 0 amide bonds. The Morgan fingerprint density at radius 1 is 0.783 bits per heavy atom. The topological polar surface area (TPSA) is 62.1 Å². The lowest BCUT2D eigenvalue weighted by atomic mass is 10.2. The second kappa shape index (κ2) is 6.66. The van der Waals surface area contributed by atoms with E-state index in [1.807, 2.05) is 48.5 Å². The fourth-order valence-corrected chi connectivity index (χ4v) is 2.05. The summed E-state index contributed by atoms with van der Waals surface area (Å²) in [6.07, 6.45) is 1.50. The van der Waals surface area contributed by atoms with Crippen LogP contribution in [0.15, 0.2) is 77.8 Å². The Hall–Kier alpha value is -3.27. The predicted octanol–water partition coefficient (Wildman–Crippen LogP) is 4.64. The standard InChI is InChI=1S/C19H15NO3/c21-18-11-4-6-14(19(18)22)13-20-15-7-5-10-17(12-15)23-16-8-2-1-3-9-16/h1-13,21-22H. The van der Waals surface area contributed by atoms with Crippen molar-refractivity contribution < 1.29 is 14.9 Å². The minimum absolute atomic E-state index is 0.171. The lowest BCUT2D eigenvalue weighted by Gasteiger charge is -2.06. The molecule has 0 radical (unpaired) electrons. The van der Waals surface area contributed by atoms with Gasteiger partial charge < -0.3 is 14.9 Å². The van der Waals surface area contributed by atoms with Crippen LogP contribution in [0.4, 0.5) is 5.69 Å². The van der Waals surface area contributed by atoms with E-state index in [4.69, 9.17) is 4.74 Å². The predicted molar refractivity (Wildman–Crippen MR) is 90.0 cm³/mol. The minimum atomic E-state index is -0.187. The number of phenolic OH excluding ortho intramolecular Hbond substituents is 2. The van der Waals surface area contributed by atoms with Gasteiger partial charge >= 0.3 is 0 Å². The molecule has 0 saturated heterocycles. The highest BCUT2D eigenvalue weighted by Crippen LogP contribution is 2.28. The van der Waals surface area contributed by atoms with E-state index in [1.165, 1.54) is 12.3 Å². The smallest absolute Gasteiger partial charge is 0.166 e. The van der Waals surface area contributed by atoms with Gasteiger partial charge in [0.05, 0.1) is 5.69 Å². The molecule has 0 aliphatic rings. The van der Waals surface area contributed by atoms with E-state index < -0.39 is 0 Å². The Balaban J connectivity index is 1.80. The van der Waals surface area contributed by atoms with Crippen molar-refractivity contribution in [3.05, 3.63) is 78.4 Å². The van der Waals surface area contributed by atoms with E-state index in [0.29, 0.717) is 17.0 Å². The zero-order valence-electron chi connectivity index (χ0n) is 12.3. The molecule has 0 aromatic heterocycles. The zero-order valence-corrected chi connectivity index (χ0v) is 12.3. The highest BCUT2D eigenvalue weighted by Gasteiger charge is 2.03. The molecule has 0 fully saturated rings. The number of hydrogen-bond donors (Lipinski definition) is 2. The molecule has 0 aliphatic heterocycles. The first kappa shape index (κ1) is 14.7. The van der Waals surface area contributed by atoms with Crippen molar-refractivity contribution >= 4 is 11.9 Å². The van der Waals surface area contributed by atoms with Crippen molar-refractivity contribution in [2.75, 3.05) is 0 Å². The molecule has 0 spiro atoms. The highest BCUT2D eigenvalue weighted by molar-refractivity contribution is 5.86. The molecule has 4 heteroatoms. The molecule has 2 N–H and O–H groups in total. The number of rotatable bonds is 4. The Kier molecular flexibility index (Phi) is 4.25. The van der Waals surface area contributed by atoms with Gasteiger partial charge in [0.15, 0.2) is 11.5 Å². The molecule has 0 atom stereocenters. The Morgan fingerprint density at radius 3 is 2.35 bits per heavy atom. The summed E-state index contributed by atoms with van der Waals surface area (Å²) in [5.74, 6) is 1.06. The monoisotopic (exact) mass is 305 g/mol. The Bertz CT molecular complexity index is 829. The first-order valence-corrected chi connectivity index (χ1v) is 7.10. The molecule has 3 aromatic carbocycles. The van der Waals surface area contributed by atoms with Crippen molar-refractivity contribution in [1.82, 2.24) is 0 Å². The molecule has 0 saturated carbocycles. The molecule has 4 nitrogen and oxygen atoms in total. The third-order valence-corrected chi connectivity index (χ3v) is 3.20. The van der Waals surface area contributed by atoms with E-state index in [1.54, 1.807) is 18.2 Å². The van der Waals surface area contributed by atoms with Crippen LogP contribution >= 0.6 is 0 Å². The SMILES string of the molecule is Oc1cccc(C=Nc2cccc(Oc3ccccc3)c2)c1O. The minimum Gasteiger partial charge on any atom is -0.504 e. The van der Waals surface area contributed by atoms with E-state index >= 15 is 0 Å². The van der Waals surface area contributed by atoms with Crippen LogP contribution < -0.4 is 4.74 Å². The average Bonchev–Trinajstić information content (AvgIpc) is 2.57. The average molecular weight is 305 g/mol. The quantitative estimate of drug-likeness (QED) is 0.545. The lowest BCUT2D eigenvalue weighted by molar-refractivity contribution is 0.403. The van der Waals surface area contributed by atoms with Crippen LogP contribution in [0.5, 0.6) is 23.0 Å². The largest absolute Gasteiger partial charge is 0.504 e. The fourth-order valence-electron chi connectivity index (χ4n) is 2.05. The summed E-state index contributed by atoms with van der Waals surface area (Å²) in [5.41, 5.74) is 1.13. The van der Waals surface area contributed by atoms with E-state index in [0.717, 1.165) is 5.75 Å². The second-order valence-electron chi connectivity index (χ2n) is 4.89. The molecule has 3 rings (SSSR count). The van der Waals surface area contributed by atoms with Gasteiger partial charge in [-0.25, -0.2) is 0 Å². The van der Waals surface area contributed by atoms with Crippen molar-refractivity contribution in [1.29, 1.82) is 0 Å². The van der Waals surface area contributed by atoms with Crippen molar-refractivity contribution in [2.45, 2.75) is 0 Å². The van der Waals surface area contributed by atoms with Crippen LogP contribution in [0.25, 0.3) is 0 Å². The van der Waals surface area contributed by atoms with Crippen LogP contribution in [-0.2, 0) is 0 Å². The van der Waals surface area contributed by atoms with Crippen molar-refractivity contribution in [3.8, 4) is 23.0 Å². The first-order chi connectivity index (χ1) is 11.2. The third-order valence-electron chi connectivity index (χ3n) is 3.20. The summed E-state index contributed by atoms with van der Waals surface area (Å²) in [6, 6.07) is 21.5. The first-order valence-electron chi connectivity index (χ1n) is 7.10. The number of benzene rings is 3. The zero-order chi connectivity index (χ0) is 16.1. The van der Waals surface area contributed by atoms with E-state index in [9.17, 15) is 10.2 Å². The second-order valence-corrected chi connectivity index (χ2v) is 4.89. The van der Waals surface area contributed by atoms with Crippen LogP contribution in [0.2, 0.25) is 0 Å². The van der Waals surface area contributed by atoms with E-state index in [2.05, 4.69) is 4.99 Å². The summed E-state index contributed by atoms with van der Waals surface area (Å²) in [7, 11) is 0. The number of para-hydroxylation sites is 2. The Labute approximate surface area is 134 Å². The van der Waals surface area contributed by atoms with Gasteiger partial charge in [0.1, 0.15) is 11.5 Å². The summed E-state index contributed by atoms with van der Waals surface area (Å²) < 4.78 is 5.75. The number of ether oxygens (including phenoxy) is 1. The summed E-state index contributed by atoms with van der Waals surface area (Å²) in [6.45, 7) is 0. The maximum Gasteiger partial charge on any atom is 0.166 e. The summed E-state index contributed by atoms with van der Waals surface area (Å²) in [4.78, 5) is 4.30. The molecule has 0 aliphatic carbocycles. The van der Waals surface area contributed by atoms with Gasteiger partial charge in [-0.2, -0.15) is 0 Å². The van der Waals surface area contributed by atoms with Gasteiger partial charge in [-0.1, -0.05) is 30.3 Å². The molecular formula is C19H15NO3. The molecule has 114 valence electrons. The number of aliphatic imine (C=N–C) groups is 1.